The number of benzene rings is 3. The SMILES string of the molecule is COc1ccc(-c2coc3c4c(ccc3c2=O)OC(=O)C[C@@H]4c2ccc(OCC(N)=O)c(OC)c2)cc1OC. The molecule has 1 atom stereocenters. The van der Waals surface area contributed by atoms with Gasteiger partial charge < -0.3 is 33.8 Å². The quantitative estimate of drug-likeness (QED) is 0.266. The minimum atomic E-state index is -0.626. The van der Waals surface area contributed by atoms with Crippen molar-refractivity contribution in [3.8, 4) is 39.9 Å². The maximum Gasteiger partial charge on any atom is 0.312 e. The number of hydrogen-bond donors (Lipinski definition) is 1. The van der Waals surface area contributed by atoms with Crippen LogP contribution in [0, 0.1) is 0 Å². The second-order valence-electron chi connectivity index (χ2n) is 8.80. The van der Waals surface area contributed by atoms with Gasteiger partial charge in [0.1, 0.15) is 17.6 Å². The highest BCUT2D eigenvalue weighted by Gasteiger charge is 2.33. The van der Waals surface area contributed by atoms with E-state index in [1.807, 2.05) is 0 Å². The molecule has 3 aromatic carbocycles. The van der Waals surface area contributed by atoms with E-state index in [0.29, 0.717) is 62.0 Å². The number of primary amides is 1. The lowest BCUT2D eigenvalue weighted by atomic mass is 9.85. The van der Waals surface area contributed by atoms with Crippen LogP contribution in [0.25, 0.3) is 22.1 Å². The molecule has 1 aromatic heterocycles. The zero-order valence-electron chi connectivity index (χ0n) is 21.4. The maximum atomic E-state index is 13.6. The van der Waals surface area contributed by atoms with Crippen molar-refractivity contribution in [1.82, 2.24) is 0 Å². The van der Waals surface area contributed by atoms with Crippen LogP contribution in [0.4, 0.5) is 0 Å². The molecular weight excluding hydrogens is 506 g/mol. The van der Waals surface area contributed by atoms with Crippen molar-refractivity contribution < 1.29 is 37.7 Å². The average molecular weight is 532 g/mol. The molecule has 0 unspecified atom stereocenters. The van der Waals surface area contributed by atoms with E-state index in [2.05, 4.69) is 0 Å². The Balaban J connectivity index is 1.63. The second kappa shape index (κ2) is 10.4. The Hall–Kier alpha value is -4.99. The molecule has 0 spiro atoms. The largest absolute Gasteiger partial charge is 0.493 e. The van der Waals surface area contributed by atoms with Crippen LogP contribution in [0.3, 0.4) is 0 Å². The standard InChI is InChI=1S/C29H25NO9/c1-34-20-7-4-16(11-23(20)35-2)19-13-38-29-17(28(19)33)6-9-22-27(29)18(12-26(32)39-22)15-5-8-21(24(10-15)36-3)37-14-25(30)31/h4-11,13,18H,12,14H2,1-3H3,(H2,30,31)/t18-/m1/s1. The van der Waals surface area contributed by atoms with Crippen LogP contribution in [0.2, 0.25) is 0 Å². The number of rotatable bonds is 8. The van der Waals surface area contributed by atoms with Gasteiger partial charge in [-0.25, -0.2) is 0 Å². The van der Waals surface area contributed by atoms with E-state index in [1.165, 1.54) is 27.6 Å². The van der Waals surface area contributed by atoms with E-state index in [1.54, 1.807) is 48.5 Å². The van der Waals surface area contributed by atoms with Crippen LogP contribution >= 0.6 is 0 Å². The fraction of sp³-hybridized carbons (Fsp3) is 0.207. The van der Waals surface area contributed by atoms with E-state index in [-0.39, 0.29) is 18.5 Å². The van der Waals surface area contributed by atoms with Crippen molar-refractivity contribution >= 4 is 22.8 Å². The second-order valence-corrected chi connectivity index (χ2v) is 8.80. The first-order chi connectivity index (χ1) is 18.8. The summed E-state index contributed by atoms with van der Waals surface area (Å²) in [7, 11) is 4.51. The molecule has 2 heterocycles. The molecule has 4 aromatic rings. The number of nitrogens with two attached hydrogens (primary N) is 1. The first-order valence-corrected chi connectivity index (χ1v) is 11.9. The predicted molar refractivity (Wildman–Crippen MR) is 141 cm³/mol. The van der Waals surface area contributed by atoms with Crippen LogP contribution in [-0.4, -0.2) is 39.8 Å². The molecule has 5 rings (SSSR count). The third-order valence-corrected chi connectivity index (χ3v) is 6.54. The fourth-order valence-electron chi connectivity index (χ4n) is 4.71. The lowest BCUT2D eigenvalue weighted by Gasteiger charge is -2.26. The van der Waals surface area contributed by atoms with Gasteiger partial charge in [-0.05, 0) is 47.5 Å². The molecule has 0 saturated carbocycles. The van der Waals surface area contributed by atoms with E-state index in [0.717, 1.165) is 0 Å². The molecule has 0 bridgehead atoms. The normalized spacial score (nSPS) is 14.3. The van der Waals surface area contributed by atoms with Crippen molar-refractivity contribution in [1.29, 1.82) is 0 Å². The van der Waals surface area contributed by atoms with Gasteiger partial charge in [-0.3, -0.25) is 14.4 Å². The number of esters is 1. The van der Waals surface area contributed by atoms with E-state index < -0.39 is 17.8 Å². The van der Waals surface area contributed by atoms with Crippen LogP contribution in [0.15, 0.2) is 64.0 Å². The number of carbonyl (C=O) groups excluding carboxylic acids is 2. The smallest absolute Gasteiger partial charge is 0.312 e. The lowest BCUT2D eigenvalue weighted by Crippen LogP contribution is -2.22. The van der Waals surface area contributed by atoms with Crippen molar-refractivity contribution in [2.24, 2.45) is 5.73 Å². The van der Waals surface area contributed by atoms with Gasteiger partial charge in [-0.1, -0.05) is 12.1 Å². The van der Waals surface area contributed by atoms with Gasteiger partial charge in [-0.2, -0.15) is 0 Å². The average Bonchev–Trinajstić information content (AvgIpc) is 2.95. The Bertz CT molecular complexity index is 1660. The molecule has 1 aliphatic rings. The van der Waals surface area contributed by atoms with Gasteiger partial charge in [0.15, 0.2) is 29.6 Å². The minimum absolute atomic E-state index is 0.0118. The van der Waals surface area contributed by atoms with E-state index >= 15 is 0 Å². The molecule has 1 amide bonds. The highest BCUT2D eigenvalue weighted by molar-refractivity contribution is 5.90. The molecule has 10 nitrogen and oxygen atoms in total. The highest BCUT2D eigenvalue weighted by atomic mass is 16.5. The summed E-state index contributed by atoms with van der Waals surface area (Å²) in [5, 5.41) is 0.331. The molecule has 0 fully saturated rings. The summed E-state index contributed by atoms with van der Waals surface area (Å²) in [6, 6.07) is 13.4. The van der Waals surface area contributed by atoms with Crippen LogP contribution in [-0.2, 0) is 9.59 Å². The monoisotopic (exact) mass is 531 g/mol. The van der Waals surface area contributed by atoms with Crippen LogP contribution in [0.5, 0.6) is 28.7 Å². The summed E-state index contributed by atoms with van der Waals surface area (Å²) >= 11 is 0. The van der Waals surface area contributed by atoms with Gasteiger partial charge in [0.2, 0.25) is 5.43 Å². The first kappa shape index (κ1) is 25.7. The summed E-state index contributed by atoms with van der Waals surface area (Å²) in [4.78, 5) is 37.3. The van der Waals surface area contributed by atoms with Gasteiger partial charge in [0.05, 0.1) is 38.7 Å². The number of amides is 1. The van der Waals surface area contributed by atoms with Crippen LogP contribution in [0.1, 0.15) is 23.5 Å². The molecule has 1 aliphatic heterocycles. The van der Waals surface area contributed by atoms with Crippen molar-refractivity contribution in [3.05, 3.63) is 76.1 Å². The number of methoxy groups -OCH3 is 3. The highest BCUT2D eigenvalue weighted by Crippen LogP contribution is 2.44. The Morgan fingerprint density at radius 1 is 0.923 bits per heavy atom. The molecular formula is C29H25NO9. The van der Waals surface area contributed by atoms with Crippen molar-refractivity contribution in [2.45, 2.75) is 12.3 Å². The molecule has 200 valence electrons. The van der Waals surface area contributed by atoms with E-state index in [9.17, 15) is 14.4 Å². The van der Waals surface area contributed by atoms with Crippen molar-refractivity contribution in [2.75, 3.05) is 27.9 Å². The van der Waals surface area contributed by atoms with Crippen molar-refractivity contribution in [3.63, 3.8) is 0 Å². The maximum absolute atomic E-state index is 13.6. The summed E-state index contributed by atoms with van der Waals surface area (Å²) in [6.45, 7) is -0.313. The topological polar surface area (TPSA) is 137 Å². The van der Waals surface area contributed by atoms with Gasteiger partial charge >= 0.3 is 5.97 Å². The Labute approximate surface area is 222 Å². The fourth-order valence-corrected chi connectivity index (χ4v) is 4.71. The first-order valence-electron chi connectivity index (χ1n) is 11.9. The molecule has 10 heteroatoms. The number of ether oxygens (including phenoxy) is 5. The Kier molecular flexibility index (Phi) is 6.84. The number of carbonyl (C=O) groups is 2. The summed E-state index contributed by atoms with van der Waals surface area (Å²) in [5.74, 6) is 0.436. The minimum Gasteiger partial charge on any atom is -0.493 e. The van der Waals surface area contributed by atoms with Crippen LogP contribution < -0.4 is 34.8 Å². The summed E-state index contributed by atoms with van der Waals surface area (Å²) < 4.78 is 33.1. The van der Waals surface area contributed by atoms with E-state index in [4.69, 9.17) is 33.8 Å². The van der Waals surface area contributed by atoms with Gasteiger partial charge in [0, 0.05) is 11.5 Å². The third-order valence-electron chi connectivity index (χ3n) is 6.54. The molecule has 0 saturated heterocycles. The summed E-state index contributed by atoms with van der Waals surface area (Å²) in [6.07, 6.45) is 1.40. The molecule has 0 aliphatic carbocycles. The zero-order valence-corrected chi connectivity index (χ0v) is 21.4. The predicted octanol–water partition coefficient (Wildman–Crippen LogP) is 3.79. The molecule has 39 heavy (non-hydrogen) atoms. The van der Waals surface area contributed by atoms with Gasteiger partial charge in [-0.15, -0.1) is 0 Å². The third kappa shape index (κ3) is 4.72. The van der Waals surface area contributed by atoms with Gasteiger partial charge in [0.25, 0.3) is 5.91 Å². The zero-order chi connectivity index (χ0) is 27.7. The Morgan fingerprint density at radius 3 is 2.36 bits per heavy atom. The molecule has 2 N–H and O–H groups in total. The lowest BCUT2D eigenvalue weighted by molar-refractivity contribution is -0.135. The number of hydrogen-bond acceptors (Lipinski definition) is 9. The Morgan fingerprint density at radius 2 is 1.64 bits per heavy atom. The number of fused-ring (bicyclic) bond motifs is 3. The summed E-state index contributed by atoms with van der Waals surface area (Å²) in [5.41, 5.74) is 7.45. The molecule has 0 radical (unpaired) electrons.